The number of ether oxygens (including phenoxy) is 1. The Morgan fingerprint density at radius 2 is 1.91 bits per heavy atom. The Hall–Kier alpha value is -1.99. The van der Waals surface area contributed by atoms with Crippen molar-refractivity contribution in [2.75, 3.05) is 13.7 Å². The summed E-state index contributed by atoms with van der Waals surface area (Å²) < 4.78 is 4.86. The van der Waals surface area contributed by atoms with E-state index in [-0.39, 0.29) is 18.4 Å². The Morgan fingerprint density at radius 1 is 1.30 bits per heavy atom. The Bertz CT molecular complexity index is 445. The fraction of sp³-hybridized carbons (Fsp3) is 0.800. The molecule has 0 aromatic rings. The number of aliphatic imine (C=N–C) groups is 1. The second kappa shape index (κ2) is 8.59. The molecule has 0 radical (unpaired) electrons. The molecule has 1 aliphatic rings. The first-order valence-corrected chi connectivity index (χ1v) is 7.99. The lowest BCUT2D eigenvalue weighted by atomic mass is 9.87. The Morgan fingerprint density at radius 3 is 2.39 bits per heavy atom. The summed E-state index contributed by atoms with van der Waals surface area (Å²) in [4.78, 5) is 29.5. The quantitative estimate of drug-likeness (QED) is 0.366. The molecular formula is C15H28N4O4. The van der Waals surface area contributed by atoms with Gasteiger partial charge in [0.25, 0.3) is 0 Å². The molecule has 0 spiro atoms. The summed E-state index contributed by atoms with van der Waals surface area (Å²) in [5.74, 6) is -1.07. The minimum Gasteiger partial charge on any atom is -0.480 e. The van der Waals surface area contributed by atoms with Crippen molar-refractivity contribution >= 4 is 18.0 Å². The van der Waals surface area contributed by atoms with Gasteiger partial charge in [0, 0.05) is 12.6 Å². The Balaban J connectivity index is 2.95. The summed E-state index contributed by atoms with van der Waals surface area (Å²) >= 11 is 0. The van der Waals surface area contributed by atoms with Gasteiger partial charge in [-0.05, 0) is 32.6 Å². The van der Waals surface area contributed by atoms with Crippen LogP contribution < -0.4 is 11.5 Å². The molecule has 1 aliphatic carbocycles. The number of methoxy groups -OCH3 is 1. The normalized spacial score (nSPS) is 17.8. The van der Waals surface area contributed by atoms with Crippen LogP contribution in [-0.2, 0) is 9.53 Å². The summed E-state index contributed by atoms with van der Waals surface area (Å²) in [6, 6.07) is -0.111. The average Bonchev–Trinajstić information content (AvgIpc) is 2.52. The molecule has 8 nitrogen and oxygen atoms in total. The van der Waals surface area contributed by atoms with Crippen molar-refractivity contribution in [3.8, 4) is 0 Å². The van der Waals surface area contributed by atoms with Crippen LogP contribution in [0.4, 0.5) is 4.79 Å². The molecule has 0 heterocycles. The van der Waals surface area contributed by atoms with Gasteiger partial charge in [-0.2, -0.15) is 0 Å². The first-order valence-electron chi connectivity index (χ1n) is 7.99. The van der Waals surface area contributed by atoms with Crippen LogP contribution in [0.5, 0.6) is 0 Å². The van der Waals surface area contributed by atoms with Gasteiger partial charge in [-0.1, -0.05) is 19.3 Å². The van der Waals surface area contributed by atoms with Gasteiger partial charge in [-0.25, -0.2) is 9.59 Å². The lowest BCUT2D eigenvalue weighted by Gasteiger charge is -2.43. The summed E-state index contributed by atoms with van der Waals surface area (Å²) in [7, 11) is 1.28. The average molecular weight is 328 g/mol. The van der Waals surface area contributed by atoms with Crippen molar-refractivity contribution in [1.29, 1.82) is 0 Å². The molecule has 1 rings (SSSR count). The minimum absolute atomic E-state index is 0.0286. The van der Waals surface area contributed by atoms with Crippen LogP contribution in [0.3, 0.4) is 0 Å². The fourth-order valence-electron chi connectivity index (χ4n) is 3.15. The van der Waals surface area contributed by atoms with Crippen molar-refractivity contribution in [1.82, 2.24) is 4.90 Å². The molecule has 1 saturated carbocycles. The van der Waals surface area contributed by atoms with Crippen molar-refractivity contribution in [3.63, 3.8) is 0 Å². The number of hydrogen-bond donors (Lipinski definition) is 3. The monoisotopic (exact) mass is 328 g/mol. The highest BCUT2D eigenvalue weighted by Gasteiger charge is 2.46. The molecule has 132 valence electrons. The summed E-state index contributed by atoms with van der Waals surface area (Å²) in [6.07, 6.45) is 4.80. The Kier molecular flexibility index (Phi) is 7.12. The largest absolute Gasteiger partial charge is 0.480 e. The number of carboxylic acids is 1. The van der Waals surface area contributed by atoms with E-state index in [9.17, 15) is 14.7 Å². The highest BCUT2D eigenvalue weighted by Crippen LogP contribution is 2.32. The molecule has 1 atom stereocenters. The number of carbonyl (C=O) groups is 2. The molecule has 1 fully saturated rings. The van der Waals surface area contributed by atoms with E-state index in [4.69, 9.17) is 16.2 Å². The van der Waals surface area contributed by atoms with Crippen LogP contribution in [0, 0.1) is 0 Å². The van der Waals surface area contributed by atoms with E-state index >= 15 is 0 Å². The molecule has 1 amide bonds. The molecular weight excluding hydrogens is 300 g/mol. The smallest absolute Gasteiger partial charge is 0.410 e. The van der Waals surface area contributed by atoms with Crippen molar-refractivity contribution in [2.24, 2.45) is 16.5 Å². The zero-order chi connectivity index (χ0) is 17.5. The number of carboxylic acid groups (broad SMARTS) is 1. The van der Waals surface area contributed by atoms with Crippen LogP contribution in [0.15, 0.2) is 4.99 Å². The number of nitrogens with zero attached hydrogens (tertiary/aromatic N) is 2. The second-order valence-electron chi connectivity index (χ2n) is 6.12. The maximum atomic E-state index is 12.3. The van der Waals surface area contributed by atoms with Crippen LogP contribution in [0.2, 0.25) is 0 Å². The van der Waals surface area contributed by atoms with Gasteiger partial charge >= 0.3 is 12.1 Å². The van der Waals surface area contributed by atoms with Gasteiger partial charge in [-0.15, -0.1) is 0 Å². The molecule has 23 heavy (non-hydrogen) atoms. The van der Waals surface area contributed by atoms with E-state index in [0.717, 1.165) is 32.1 Å². The standard InChI is InChI=1S/C15H28N4O4/c1-15(12(20)21,9-6-10-18-13(16)17)19(14(22)23-2)11-7-4-3-5-8-11/h11H,3-10H2,1-2H3,(H,20,21)(H4,16,17,18)/t15-/m1/s1. The molecule has 0 aromatic heterocycles. The number of aliphatic carboxylic acids is 1. The minimum atomic E-state index is -1.34. The lowest BCUT2D eigenvalue weighted by Crippen LogP contribution is -2.59. The van der Waals surface area contributed by atoms with Crippen LogP contribution in [0.25, 0.3) is 0 Å². The van der Waals surface area contributed by atoms with Gasteiger partial charge in [0.15, 0.2) is 5.96 Å². The predicted molar refractivity (Wildman–Crippen MR) is 87.1 cm³/mol. The molecule has 0 unspecified atom stereocenters. The molecule has 5 N–H and O–H groups in total. The van der Waals surface area contributed by atoms with Crippen molar-refractivity contribution in [3.05, 3.63) is 0 Å². The summed E-state index contributed by atoms with van der Waals surface area (Å²) in [5.41, 5.74) is 9.21. The van der Waals surface area contributed by atoms with Gasteiger partial charge in [0.05, 0.1) is 7.11 Å². The second-order valence-corrected chi connectivity index (χ2v) is 6.12. The molecule has 0 saturated heterocycles. The van der Waals surface area contributed by atoms with Gasteiger partial charge in [-0.3, -0.25) is 9.89 Å². The first-order chi connectivity index (χ1) is 10.8. The topological polar surface area (TPSA) is 131 Å². The van der Waals surface area contributed by atoms with Crippen LogP contribution in [0.1, 0.15) is 51.9 Å². The first kappa shape index (κ1) is 19.1. The van der Waals surface area contributed by atoms with Gasteiger partial charge < -0.3 is 21.3 Å². The molecule has 8 heteroatoms. The third kappa shape index (κ3) is 5.01. The zero-order valence-electron chi connectivity index (χ0n) is 14.0. The van der Waals surface area contributed by atoms with Crippen LogP contribution >= 0.6 is 0 Å². The van der Waals surface area contributed by atoms with Gasteiger partial charge in [0.2, 0.25) is 0 Å². The maximum Gasteiger partial charge on any atom is 0.410 e. The number of nitrogens with two attached hydrogens (primary N) is 2. The number of amides is 1. The number of hydrogen-bond acceptors (Lipinski definition) is 4. The number of carbonyl (C=O) groups excluding carboxylic acids is 1. The van der Waals surface area contributed by atoms with E-state index in [1.807, 2.05) is 0 Å². The van der Waals surface area contributed by atoms with E-state index < -0.39 is 17.6 Å². The Labute approximate surface area is 136 Å². The molecule has 0 aliphatic heterocycles. The van der Waals surface area contributed by atoms with Crippen LogP contribution in [-0.4, -0.2) is 53.3 Å². The maximum absolute atomic E-state index is 12.3. The molecule has 0 aromatic carbocycles. The highest BCUT2D eigenvalue weighted by atomic mass is 16.5. The van der Waals surface area contributed by atoms with E-state index in [1.54, 1.807) is 6.92 Å². The van der Waals surface area contributed by atoms with Crippen molar-refractivity contribution < 1.29 is 19.4 Å². The fourth-order valence-corrected chi connectivity index (χ4v) is 3.15. The predicted octanol–water partition coefficient (Wildman–Crippen LogP) is 1.28. The number of guanidine groups is 1. The third-order valence-electron chi connectivity index (χ3n) is 4.42. The third-order valence-corrected chi connectivity index (χ3v) is 4.42. The number of rotatable bonds is 7. The summed E-state index contributed by atoms with van der Waals surface area (Å²) in [6.45, 7) is 1.89. The molecule has 0 bridgehead atoms. The SMILES string of the molecule is COC(=O)N(C1CCCCC1)[C@](C)(CCCN=C(N)N)C(=O)O. The summed E-state index contributed by atoms with van der Waals surface area (Å²) in [5, 5.41) is 9.75. The zero-order valence-corrected chi connectivity index (χ0v) is 14.0. The highest BCUT2D eigenvalue weighted by molar-refractivity contribution is 5.84. The van der Waals surface area contributed by atoms with E-state index in [0.29, 0.717) is 13.0 Å². The lowest BCUT2D eigenvalue weighted by molar-refractivity contribution is -0.152. The van der Waals surface area contributed by atoms with Gasteiger partial charge in [0.1, 0.15) is 5.54 Å². The van der Waals surface area contributed by atoms with E-state index in [1.165, 1.54) is 12.0 Å². The van der Waals surface area contributed by atoms with Crippen molar-refractivity contribution in [2.45, 2.75) is 63.5 Å². The van der Waals surface area contributed by atoms with E-state index in [2.05, 4.69) is 4.99 Å².